The number of rotatable bonds is 5. The first-order chi connectivity index (χ1) is 14.5. The van der Waals surface area contributed by atoms with Crippen LogP contribution in [0.15, 0.2) is 47.6 Å². The van der Waals surface area contributed by atoms with Crippen LogP contribution in [0.5, 0.6) is 0 Å². The van der Waals surface area contributed by atoms with E-state index in [0.717, 1.165) is 53.0 Å². The number of nitrogens with one attached hydrogen (secondary N) is 1. The molecule has 0 unspecified atom stereocenters. The number of amides is 1. The second kappa shape index (κ2) is 8.87. The minimum Gasteiger partial charge on any atom is -0.356 e. The molecule has 1 saturated heterocycles. The van der Waals surface area contributed by atoms with Crippen molar-refractivity contribution >= 4 is 29.2 Å². The number of nitrogens with zero attached hydrogens (tertiary/aromatic N) is 5. The molecule has 0 spiro atoms. The van der Waals surface area contributed by atoms with Gasteiger partial charge in [-0.05, 0) is 57.2 Å². The van der Waals surface area contributed by atoms with Crippen molar-refractivity contribution in [3.8, 4) is 5.82 Å². The molecule has 7 nitrogen and oxygen atoms in total. The Labute approximate surface area is 180 Å². The Kier molecular flexibility index (Phi) is 6.03. The average molecular weight is 423 g/mol. The van der Waals surface area contributed by atoms with Crippen LogP contribution in [0.4, 0.5) is 11.5 Å². The van der Waals surface area contributed by atoms with Gasteiger partial charge in [0.15, 0.2) is 5.82 Å². The number of aromatic nitrogens is 4. The molecule has 0 aliphatic carbocycles. The van der Waals surface area contributed by atoms with Crippen LogP contribution in [0, 0.1) is 19.8 Å². The molecule has 0 bridgehead atoms. The van der Waals surface area contributed by atoms with Crippen LogP contribution >= 0.6 is 11.8 Å². The van der Waals surface area contributed by atoms with E-state index in [1.165, 1.54) is 0 Å². The average Bonchev–Trinajstić information content (AvgIpc) is 3.12. The predicted octanol–water partition coefficient (Wildman–Crippen LogP) is 3.86. The van der Waals surface area contributed by atoms with Gasteiger partial charge >= 0.3 is 0 Å². The van der Waals surface area contributed by atoms with E-state index in [2.05, 4.69) is 25.3 Å². The third-order valence-electron chi connectivity index (χ3n) is 5.32. The fourth-order valence-electron chi connectivity index (χ4n) is 3.83. The highest BCUT2D eigenvalue weighted by molar-refractivity contribution is 7.98. The summed E-state index contributed by atoms with van der Waals surface area (Å²) in [5, 5.41) is 7.59. The zero-order valence-corrected chi connectivity index (χ0v) is 18.3. The molecule has 1 fully saturated rings. The Balaban J connectivity index is 1.48. The topological polar surface area (TPSA) is 75.9 Å². The van der Waals surface area contributed by atoms with Crippen molar-refractivity contribution in [1.29, 1.82) is 0 Å². The second-order valence-electron chi connectivity index (χ2n) is 7.58. The molecule has 8 heteroatoms. The van der Waals surface area contributed by atoms with Gasteiger partial charge in [0.2, 0.25) is 5.91 Å². The summed E-state index contributed by atoms with van der Waals surface area (Å²) in [6.07, 6.45) is 5.42. The van der Waals surface area contributed by atoms with Gasteiger partial charge in [0, 0.05) is 35.4 Å². The Morgan fingerprint density at radius 3 is 2.77 bits per heavy atom. The normalized spacial score (nSPS) is 16.5. The van der Waals surface area contributed by atoms with Gasteiger partial charge in [-0.15, -0.1) is 11.8 Å². The number of piperidine rings is 1. The summed E-state index contributed by atoms with van der Waals surface area (Å²) in [6.45, 7) is 5.49. The standard InChI is InChI=1S/C22H26N6OS/c1-15-10-16(2)28(26-15)21-12-20(23-14-24-21)27-9-5-6-17(13-27)22(29)25-18-7-4-8-19(11-18)30-3/h4,7-8,10-12,14,17H,5-6,9,13H2,1-3H3,(H,25,29)/t17-/m0/s1. The molecule has 0 radical (unpaired) electrons. The lowest BCUT2D eigenvalue weighted by Gasteiger charge is -2.33. The van der Waals surface area contributed by atoms with Gasteiger partial charge < -0.3 is 10.2 Å². The van der Waals surface area contributed by atoms with E-state index in [-0.39, 0.29) is 11.8 Å². The highest BCUT2D eigenvalue weighted by Crippen LogP contribution is 2.25. The van der Waals surface area contributed by atoms with E-state index in [1.54, 1.807) is 18.1 Å². The van der Waals surface area contributed by atoms with E-state index in [9.17, 15) is 4.79 Å². The minimum atomic E-state index is -0.0798. The van der Waals surface area contributed by atoms with Crippen LogP contribution < -0.4 is 10.2 Å². The smallest absolute Gasteiger partial charge is 0.229 e. The summed E-state index contributed by atoms with van der Waals surface area (Å²) in [6, 6.07) is 11.9. The maximum atomic E-state index is 12.9. The molecule has 1 aliphatic heterocycles. The maximum Gasteiger partial charge on any atom is 0.229 e. The Bertz CT molecular complexity index is 1050. The summed E-state index contributed by atoms with van der Waals surface area (Å²) in [5.41, 5.74) is 2.83. The minimum absolute atomic E-state index is 0.0609. The molecule has 3 heterocycles. The molecule has 1 N–H and O–H groups in total. The largest absolute Gasteiger partial charge is 0.356 e. The summed E-state index contributed by atoms with van der Waals surface area (Å²) in [4.78, 5) is 25.0. The van der Waals surface area contributed by atoms with Gasteiger partial charge in [-0.25, -0.2) is 14.6 Å². The van der Waals surface area contributed by atoms with Crippen LogP contribution in [-0.2, 0) is 4.79 Å². The van der Waals surface area contributed by atoms with Crippen molar-refractivity contribution in [2.45, 2.75) is 31.6 Å². The molecule has 1 atom stereocenters. The Morgan fingerprint density at radius 1 is 1.17 bits per heavy atom. The Hall–Kier alpha value is -2.87. The number of hydrogen-bond donors (Lipinski definition) is 1. The van der Waals surface area contributed by atoms with Crippen molar-refractivity contribution in [3.63, 3.8) is 0 Å². The zero-order chi connectivity index (χ0) is 21.1. The van der Waals surface area contributed by atoms with Gasteiger partial charge in [-0.2, -0.15) is 5.10 Å². The zero-order valence-electron chi connectivity index (χ0n) is 17.5. The van der Waals surface area contributed by atoms with Crippen molar-refractivity contribution < 1.29 is 4.79 Å². The summed E-state index contributed by atoms with van der Waals surface area (Å²) in [7, 11) is 0. The molecule has 1 amide bonds. The van der Waals surface area contributed by atoms with Crippen LogP contribution in [0.2, 0.25) is 0 Å². The summed E-state index contributed by atoms with van der Waals surface area (Å²) in [5.74, 6) is 1.55. The van der Waals surface area contributed by atoms with Crippen molar-refractivity contribution in [2.24, 2.45) is 5.92 Å². The number of carbonyl (C=O) groups excluding carboxylic acids is 1. The molecular weight excluding hydrogens is 396 g/mol. The molecule has 1 aromatic carbocycles. The number of thioether (sulfide) groups is 1. The van der Waals surface area contributed by atoms with Gasteiger partial charge in [0.25, 0.3) is 0 Å². The van der Waals surface area contributed by atoms with Gasteiger partial charge in [-0.1, -0.05) is 6.07 Å². The molecule has 4 rings (SSSR count). The second-order valence-corrected chi connectivity index (χ2v) is 8.46. The van der Waals surface area contributed by atoms with Gasteiger partial charge in [0.1, 0.15) is 12.1 Å². The van der Waals surface area contributed by atoms with Crippen LogP contribution in [0.3, 0.4) is 0 Å². The van der Waals surface area contributed by atoms with Crippen LogP contribution in [-0.4, -0.2) is 45.0 Å². The number of benzene rings is 1. The molecule has 3 aromatic rings. The maximum absolute atomic E-state index is 12.9. The lowest BCUT2D eigenvalue weighted by Crippen LogP contribution is -2.41. The monoisotopic (exact) mass is 422 g/mol. The lowest BCUT2D eigenvalue weighted by atomic mass is 9.97. The first kappa shape index (κ1) is 20.4. The highest BCUT2D eigenvalue weighted by atomic mass is 32.2. The van der Waals surface area contributed by atoms with Crippen LogP contribution in [0.1, 0.15) is 24.2 Å². The Morgan fingerprint density at radius 2 is 2.00 bits per heavy atom. The number of anilines is 2. The van der Waals surface area contributed by atoms with E-state index >= 15 is 0 Å². The van der Waals surface area contributed by atoms with E-state index in [4.69, 9.17) is 0 Å². The molecule has 30 heavy (non-hydrogen) atoms. The fraction of sp³-hybridized carbons (Fsp3) is 0.364. The summed E-state index contributed by atoms with van der Waals surface area (Å²) < 4.78 is 1.83. The van der Waals surface area contributed by atoms with Crippen molar-refractivity contribution in [3.05, 3.63) is 54.1 Å². The third-order valence-corrected chi connectivity index (χ3v) is 6.04. The predicted molar refractivity (Wildman–Crippen MR) is 120 cm³/mol. The van der Waals surface area contributed by atoms with E-state index in [1.807, 2.05) is 61.2 Å². The number of carbonyl (C=O) groups is 1. The first-order valence-corrected chi connectivity index (χ1v) is 11.3. The molecule has 1 aliphatic rings. The third kappa shape index (κ3) is 4.48. The quantitative estimate of drug-likeness (QED) is 0.630. The highest BCUT2D eigenvalue weighted by Gasteiger charge is 2.27. The SMILES string of the molecule is CSc1cccc(NC(=O)[C@H]2CCCN(c3cc(-n4nc(C)cc4C)ncn3)C2)c1. The number of hydrogen-bond acceptors (Lipinski definition) is 6. The van der Waals surface area contributed by atoms with Crippen molar-refractivity contribution in [1.82, 2.24) is 19.7 Å². The first-order valence-electron chi connectivity index (χ1n) is 10.1. The molecular formula is C22H26N6OS. The molecule has 2 aromatic heterocycles. The van der Waals surface area contributed by atoms with Gasteiger partial charge in [0.05, 0.1) is 11.6 Å². The van der Waals surface area contributed by atoms with Gasteiger partial charge in [-0.3, -0.25) is 4.79 Å². The van der Waals surface area contributed by atoms with E-state index in [0.29, 0.717) is 6.54 Å². The van der Waals surface area contributed by atoms with Crippen molar-refractivity contribution in [2.75, 3.05) is 29.6 Å². The fourth-order valence-corrected chi connectivity index (χ4v) is 4.29. The van der Waals surface area contributed by atoms with E-state index < -0.39 is 0 Å². The molecule has 0 saturated carbocycles. The summed E-state index contributed by atoms with van der Waals surface area (Å²) >= 11 is 1.66. The van der Waals surface area contributed by atoms with Crippen LogP contribution in [0.25, 0.3) is 5.82 Å². The lowest BCUT2D eigenvalue weighted by molar-refractivity contribution is -0.120. The molecule has 156 valence electrons. The number of aryl methyl sites for hydroxylation is 2.